The number of likely N-dealkylation sites (N-methyl/N-ethyl adjacent to an activating group) is 1. The highest BCUT2D eigenvalue weighted by atomic mass is 16.3. The number of nitrogens with one attached hydrogen (secondary N) is 1. The molecule has 0 aliphatic rings. The Morgan fingerprint density at radius 3 is 2.39 bits per heavy atom. The van der Waals surface area contributed by atoms with Crippen LogP contribution in [0.3, 0.4) is 0 Å². The zero-order valence-corrected chi connectivity index (χ0v) is 14.4. The van der Waals surface area contributed by atoms with Gasteiger partial charge in [0, 0.05) is 18.7 Å². The van der Waals surface area contributed by atoms with Crippen LogP contribution in [0.25, 0.3) is 11.3 Å². The van der Waals surface area contributed by atoms with Crippen LogP contribution in [0.15, 0.2) is 40.8 Å². The Hall–Kier alpha value is -1.62. The van der Waals surface area contributed by atoms with Gasteiger partial charge in [-0.3, -0.25) is 0 Å². The number of nitrogens with zero attached hydrogens (tertiary/aromatic N) is 1. The van der Waals surface area contributed by atoms with Crippen LogP contribution < -0.4 is 5.32 Å². The summed E-state index contributed by atoms with van der Waals surface area (Å²) in [5, 5.41) is 13.0. The number of benzene rings is 1. The average molecular weight is 316 g/mol. The molecule has 0 aliphatic carbocycles. The lowest BCUT2D eigenvalue weighted by Crippen LogP contribution is -2.31. The van der Waals surface area contributed by atoms with Gasteiger partial charge in [0.15, 0.2) is 0 Å². The molecule has 1 atom stereocenters. The van der Waals surface area contributed by atoms with Crippen LogP contribution in [0, 0.1) is 0 Å². The van der Waals surface area contributed by atoms with Gasteiger partial charge in [0.2, 0.25) is 0 Å². The number of hydrogen-bond acceptors (Lipinski definition) is 4. The Bertz CT molecular complexity index is 571. The minimum Gasteiger partial charge on any atom is -0.460 e. The molecule has 1 aromatic heterocycles. The molecule has 0 unspecified atom stereocenters. The molecule has 126 valence electrons. The maximum Gasteiger partial charge on any atom is 0.134 e. The van der Waals surface area contributed by atoms with E-state index in [0.29, 0.717) is 0 Å². The van der Waals surface area contributed by atoms with Gasteiger partial charge in [-0.25, -0.2) is 0 Å². The molecule has 0 saturated carbocycles. The Balaban J connectivity index is 1.85. The van der Waals surface area contributed by atoms with E-state index in [4.69, 9.17) is 4.42 Å². The fraction of sp³-hybridized carbons (Fsp3) is 0.474. The molecule has 0 amide bonds. The highest BCUT2D eigenvalue weighted by Crippen LogP contribution is 2.24. The van der Waals surface area contributed by atoms with Gasteiger partial charge in [0.05, 0.1) is 12.6 Å². The minimum atomic E-state index is -0.439. The summed E-state index contributed by atoms with van der Waals surface area (Å²) in [4.78, 5) is 2.39. The van der Waals surface area contributed by atoms with Crippen LogP contribution in [-0.2, 0) is 6.54 Å². The van der Waals surface area contributed by atoms with Crippen LogP contribution in [0.2, 0.25) is 0 Å². The largest absolute Gasteiger partial charge is 0.460 e. The molecule has 2 rings (SSSR count). The third-order valence-electron chi connectivity index (χ3n) is 4.14. The Kier molecular flexibility index (Phi) is 6.84. The van der Waals surface area contributed by atoms with Crippen molar-refractivity contribution in [3.05, 3.63) is 47.7 Å². The minimum absolute atomic E-state index is 0.439. The van der Waals surface area contributed by atoms with Crippen molar-refractivity contribution in [1.29, 1.82) is 0 Å². The Labute approximate surface area is 139 Å². The van der Waals surface area contributed by atoms with Crippen LogP contribution in [0.1, 0.15) is 38.2 Å². The molecule has 0 radical (unpaired) electrons. The zero-order valence-electron chi connectivity index (χ0n) is 14.4. The molecule has 4 heteroatoms. The summed E-state index contributed by atoms with van der Waals surface area (Å²) in [5.41, 5.74) is 1.95. The molecular formula is C19H28N2O2. The molecule has 0 spiro atoms. The van der Waals surface area contributed by atoms with Crippen molar-refractivity contribution in [2.75, 3.05) is 26.2 Å². The zero-order chi connectivity index (χ0) is 16.7. The van der Waals surface area contributed by atoms with Crippen molar-refractivity contribution >= 4 is 0 Å². The highest BCUT2D eigenvalue weighted by molar-refractivity contribution is 5.58. The van der Waals surface area contributed by atoms with Crippen molar-refractivity contribution in [1.82, 2.24) is 10.2 Å². The standard InChI is InChI=1S/C19H28N2O2/c1-4-21(5-2)13-12-20-14-18-10-11-19(23-18)17-8-6-16(7-9-17)15(3)22/h6-11,15,20,22H,4-5,12-14H2,1-3H3/t15-/m0/s1. The van der Waals surface area contributed by atoms with E-state index in [1.54, 1.807) is 6.92 Å². The summed E-state index contributed by atoms with van der Waals surface area (Å²) in [5.74, 6) is 1.81. The monoisotopic (exact) mass is 316 g/mol. The van der Waals surface area contributed by atoms with Crippen molar-refractivity contribution in [3.8, 4) is 11.3 Å². The van der Waals surface area contributed by atoms with E-state index >= 15 is 0 Å². The first-order valence-electron chi connectivity index (χ1n) is 8.44. The number of aliphatic hydroxyl groups excluding tert-OH is 1. The maximum atomic E-state index is 9.55. The lowest BCUT2D eigenvalue weighted by molar-refractivity contribution is 0.199. The van der Waals surface area contributed by atoms with Gasteiger partial charge < -0.3 is 19.7 Å². The molecule has 1 aromatic carbocycles. The van der Waals surface area contributed by atoms with Crippen molar-refractivity contribution in [2.24, 2.45) is 0 Å². The quantitative estimate of drug-likeness (QED) is 0.696. The summed E-state index contributed by atoms with van der Waals surface area (Å²) >= 11 is 0. The van der Waals surface area contributed by atoms with E-state index in [-0.39, 0.29) is 0 Å². The van der Waals surface area contributed by atoms with Gasteiger partial charge in [0.1, 0.15) is 11.5 Å². The SMILES string of the molecule is CCN(CC)CCNCc1ccc(-c2ccc([C@H](C)O)cc2)o1. The predicted molar refractivity (Wildman–Crippen MR) is 94.3 cm³/mol. The van der Waals surface area contributed by atoms with Gasteiger partial charge in [-0.15, -0.1) is 0 Å². The molecular weight excluding hydrogens is 288 g/mol. The lowest BCUT2D eigenvalue weighted by Gasteiger charge is -2.17. The highest BCUT2D eigenvalue weighted by Gasteiger charge is 2.06. The van der Waals surface area contributed by atoms with Crippen molar-refractivity contribution < 1.29 is 9.52 Å². The number of furan rings is 1. The average Bonchev–Trinajstić information content (AvgIpc) is 3.04. The second kappa shape index (κ2) is 8.87. The topological polar surface area (TPSA) is 48.6 Å². The Morgan fingerprint density at radius 2 is 1.78 bits per heavy atom. The summed E-state index contributed by atoms with van der Waals surface area (Å²) in [6.45, 7) is 11.1. The Morgan fingerprint density at radius 1 is 1.09 bits per heavy atom. The molecule has 4 nitrogen and oxygen atoms in total. The van der Waals surface area contributed by atoms with Gasteiger partial charge in [-0.2, -0.15) is 0 Å². The van der Waals surface area contributed by atoms with E-state index in [2.05, 4.69) is 24.1 Å². The second-order valence-corrected chi connectivity index (χ2v) is 5.77. The fourth-order valence-electron chi connectivity index (χ4n) is 2.54. The number of rotatable bonds is 9. The molecule has 1 heterocycles. The normalized spacial score (nSPS) is 12.7. The number of aliphatic hydroxyl groups is 1. The molecule has 0 saturated heterocycles. The molecule has 2 N–H and O–H groups in total. The van der Waals surface area contributed by atoms with E-state index < -0.39 is 6.10 Å². The first-order valence-corrected chi connectivity index (χ1v) is 8.44. The first kappa shape index (κ1) is 17.7. The molecule has 23 heavy (non-hydrogen) atoms. The smallest absolute Gasteiger partial charge is 0.134 e. The van der Waals surface area contributed by atoms with Gasteiger partial charge >= 0.3 is 0 Å². The van der Waals surface area contributed by atoms with E-state index in [0.717, 1.165) is 55.4 Å². The first-order chi connectivity index (χ1) is 11.1. The summed E-state index contributed by atoms with van der Waals surface area (Å²) in [6, 6.07) is 11.9. The van der Waals surface area contributed by atoms with Gasteiger partial charge in [-0.1, -0.05) is 38.1 Å². The molecule has 0 aliphatic heterocycles. The summed E-state index contributed by atoms with van der Waals surface area (Å²) < 4.78 is 5.89. The van der Waals surface area contributed by atoms with Crippen LogP contribution in [0.4, 0.5) is 0 Å². The third-order valence-corrected chi connectivity index (χ3v) is 4.14. The third kappa shape index (κ3) is 5.20. The van der Waals surface area contributed by atoms with E-state index in [9.17, 15) is 5.11 Å². The molecule has 0 fully saturated rings. The summed E-state index contributed by atoms with van der Waals surface area (Å²) in [6.07, 6.45) is -0.439. The van der Waals surface area contributed by atoms with Crippen LogP contribution >= 0.6 is 0 Å². The lowest BCUT2D eigenvalue weighted by atomic mass is 10.1. The summed E-state index contributed by atoms with van der Waals surface area (Å²) in [7, 11) is 0. The second-order valence-electron chi connectivity index (χ2n) is 5.77. The van der Waals surface area contributed by atoms with Gasteiger partial charge in [0.25, 0.3) is 0 Å². The maximum absolute atomic E-state index is 9.55. The van der Waals surface area contributed by atoms with Crippen LogP contribution in [-0.4, -0.2) is 36.2 Å². The predicted octanol–water partition coefficient (Wildman–Crippen LogP) is 3.43. The molecule has 2 aromatic rings. The van der Waals surface area contributed by atoms with Crippen molar-refractivity contribution in [3.63, 3.8) is 0 Å². The van der Waals surface area contributed by atoms with Crippen LogP contribution in [0.5, 0.6) is 0 Å². The van der Waals surface area contributed by atoms with E-state index in [1.165, 1.54) is 0 Å². The van der Waals surface area contributed by atoms with Gasteiger partial charge in [-0.05, 0) is 37.7 Å². The fourth-order valence-corrected chi connectivity index (χ4v) is 2.54. The number of hydrogen-bond donors (Lipinski definition) is 2. The van der Waals surface area contributed by atoms with Crippen molar-refractivity contribution in [2.45, 2.75) is 33.4 Å². The van der Waals surface area contributed by atoms with E-state index in [1.807, 2.05) is 36.4 Å². The molecule has 0 bridgehead atoms.